The monoisotopic (exact) mass is 383 g/mol. The van der Waals surface area contributed by atoms with Crippen LogP contribution in [0.15, 0.2) is 60.8 Å². The number of nitrogens with one attached hydrogen (secondary N) is 2. The summed E-state index contributed by atoms with van der Waals surface area (Å²) in [5, 5.41) is 5.17. The smallest absolute Gasteiger partial charge is 0.339 e. The van der Waals surface area contributed by atoms with Crippen molar-refractivity contribution in [3.63, 3.8) is 0 Å². The van der Waals surface area contributed by atoms with Crippen molar-refractivity contribution >= 4 is 28.9 Å². The fourth-order valence-corrected chi connectivity index (χ4v) is 2.46. The number of benzene rings is 2. The van der Waals surface area contributed by atoms with Gasteiger partial charge in [-0.15, -0.1) is 0 Å². The molecule has 0 aliphatic heterocycles. The molecule has 0 saturated carbocycles. The van der Waals surface area contributed by atoms with Crippen molar-refractivity contribution in [2.24, 2.45) is 0 Å². The Kier molecular flexibility index (Phi) is 5.59. The summed E-state index contributed by atoms with van der Waals surface area (Å²) in [4.78, 5) is 28.3. The van der Waals surface area contributed by atoms with Crippen LogP contribution in [-0.2, 0) is 4.74 Å². The van der Waals surface area contributed by atoms with Gasteiger partial charge in [0.1, 0.15) is 23.0 Å². The summed E-state index contributed by atoms with van der Waals surface area (Å²) in [6, 6.07) is 12.6. The molecule has 2 N–H and O–H groups in total. The molecule has 3 rings (SSSR count). The molecule has 142 valence electrons. The molecule has 2 aromatic carbocycles. The van der Waals surface area contributed by atoms with Gasteiger partial charge >= 0.3 is 5.97 Å². The van der Waals surface area contributed by atoms with Gasteiger partial charge in [-0.2, -0.15) is 0 Å². The van der Waals surface area contributed by atoms with Crippen molar-refractivity contribution in [2.45, 2.75) is 0 Å². The van der Waals surface area contributed by atoms with E-state index in [1.807, 2.05) is 0 Å². The van der Waals surface area contributed by atoms with Crippen LogP contribution < -0.4 is 10.6 Å². The molecule has 0 fully saturated rings. The van der Waals surface area contributed by atoms with Crippen LogP contribution in [0.2, 0.25) is 0 Å². The van der Waals surface area contributed by atoms with Crippen LogP contribution in [0.1, 0.15) is 20.8 Å². The van der Waals surface area contributed by atoms with Crippen molar-refractivity contribution in [2.75, 3.05) is 17.7 Å². The Bertz CT molecular complexity index is 1020. The number of para-hydroxylation sites is 2. The van der Waals surface area contributed by atoms with Crippen LogP contribution in [-0.4, -0.2) is 24.0 Å². The highest BCUT2D eigenvalue weighted by Crippen LogP contribution is 2.23. The van der Waals surface area contributed by atoms with Crippen LogP contribution in [0.4, 0.5) is 25.8 Å². The second-order valence-electron chi connectivity index (χ2n) is 5.64. The van der Waals surface area contributed by atoms with Gasteiger partial charge in [-0.05, 0) is 36.4 Å². The average molecular weight is 383 g/mol. The highest BCUT2D eigenvalue weighted by molar-refractivity contribution is 6.07. The first-order valence-corrected chi connectivity index (χ1v) is 8.15. The molecule has 8 heteroatoms. The summed E-state index contributed by atoms with van der Waals surface area (Å²) in [7, 11) is 1.24. The first-order chi connectivity index (χ1) is 13.5. The minimum atomic E-state index is -0.769. The van der Waals surface area contributed by atoms with Crippen molar-refractivity contribution < 1.29 is 23.1 Å². The van der Waals surface area contributed by atoms with Gasteiger partial charge in [0.2, 0.25) is 0 Å². The summed E-state index contributed by atoms with van der Waals surface area (Å²) in [5.41, 5.74) is 0.351. The number of carbonyl (C=O) groups is 2. The maximum absolute atomic E-state index is 13.8. The summed E-state index contributed by atoms with van der Waals surface area (Å²) < 4.78 is 32.3. The normalized spacial score (nSPS) is 10.2. The zero-order valence-electron chi connectivity index (χ0n) is 14.7. The first kappa shape index (κ1) is 19.0. The van der Waals surface area contributed by atoms with E-state index in [1.165, 1.54) is 37.6 Å². The van der Waals surface area contributed by atoms with Gasteiger partial charge in [-0.3, -0.25) is 9.78 Å². The number of nitrogens with zero attached hydrogens (tertiary/aromatic N) is 1. The Morgan fingerprint density at radius 2 is 1.71 bits per heavy atom. The minimum Gasteiger partial charge on any atom is -0.465 e. The van der Waals surface area contributed by atoms with E-state index in [1.54, 1.807) is 18.2 Å². The molecule has 1 heterocycles. The quantitative estimate of drug-likeness (QED) is 0.647. The maximum atomic E-state index is 13.8. The standard InChI is InChI=1S/C20H15F2N3O3/c1-28-20(27)13-5-2-3-8-16(13)25-19(26)17-11-12(9-10-23-17)24-18-14(21)6-4-7-15(18)22/h2-11H,1H3,(H,23,24)(H,25,26). The lowest BCUT2D eigenvalue weighted by Crippen LogP contribution is -2.16. The van der Waals surface area contributed by atoms with Crippen molar-refractivity contribution in [1.29, 1.82) is 0 Å². The molecule has 0 radical (unpaired) electrons. The molecule has 0 saturated heterocycles. The minimum absolute atomic E-state index is 0.0126. The number of ether oxygens (including phenoxy) is 1. The molecule has 0 bridgehead atoms. The Hall–Kier alpha value is -3.81. The topological polar surface area (TPSA) is 80.3 Å². The molecule has 3 aromatic rings. The molecular formula is C20H15F2N3O3. The number of esters is 1. The largest absolute Gasteiger partial charge is 0.465 e. The second kappa shape index (κ2) is 8.26. The van der Waals surface area contributed by atoms with Crippen molar-refractivity contribution in [3.8, 4) is 0 Å². The fourth-order valence-electron chi connectivity index (χ4n) is 2.46. The number of methoxy groups -OCH3 is 1. The van der Waals surface area contributed by atoms with Crippen molar-refractivity contribution in [3.05, 3.63) is 83.7 Å². The predicted octanol–water partition coefficient (Wildman–Crippen LogP) is 4.14. The molecule has 0 unspecified atom stereocenters. The number of rotatable bonds is 5. The Morgan fingerprint density at radius 3 is 2.43 bits per heavy atom. The lowest BCUT2D eigenvalue weighted by atomic mass is 10.1. The highest BCUT2D eigenvalue weighted by Gasteiger charge is 2.16. The second-order valence-corrected chi connectivity index (χ2v) is 5.64. The number of carbonyl (C=O) groups excluding carboxylic acids is 2. The molecule has 1 amide bonds. The number of aromatic nitrogens is 1. The number of amides is 1. The van der Waals surface area contributed by atoms with E-state index in [0.717, 1.165) is 12.1 Å². The summed E-state index contributed by atoms with van der Waals surface area (Å²) in [5.74, 6) is -2.74. The Balaban J connectivity index is 1.83. The van der Waals surface area contributed by atoms with Crippen LogP contribution in [0.5, 0.6) is 0 Å². The zero-order chi connectivity index (χ0) is 20.1. The Labute approximate surface area is 159 Å². The molecule has 0 spiro atoms. The van der Waals surface area contributed by atoms with E-state index in [0.29, 0.717) is 0 Å². The van der Waals surface area contributed by atoms with E-state index in [-0.39, 0.29) is 28.3 Å². The number of hydrogen-bond acceptors (Lipinski definition) is 5. The van der Waals surface area contributed by atoms with Gasteiger partial charge in [0.05, 0.1) is 18.4 Å². The predicted molar refractivity (Wildman–Crippen MR) is 99.6 cm³/mol. The van der Waals surface area contributed by atoms with E-state index >= 15 is 0 Å². The summed E-state index contributed by atoms with van der Waals surface area (Å²) >= 11 is 0. The third-order valence-electron chi connectivity index (χ3n) is 3.81. The first-order valence-electron chi connectivity index (χ1n) is 8.15. The van der Waals surface area contributed by atoms with Crippen LogP contribution in [0, 0.1) is 11.6 Å². The average Bonchev–Trinajstić information content (AvgIpc) is 2.71. The zero-order valence-corrected chi connectivity index (χ0v) is 14.7. The molecular weight excluding hydrogens is 368 g/mol. The fraction of sp³-hybridized carbons (Fsp3) is 0.0500. The SMILES string of the molecule is COC(=O)c1ccccc1NC(=O)c1cc(Nc2c(F)cccc2F)ccn1. The number of halogens is 2. The van der Waals surface area contributed by atoms with Gasteiger partial charge < -0.3 is 15.4 Å². The number of hydrogen-bond donors (Lipinski definition) is 2. The van der Waals surface area contributed by atoms with Gasteiger partial charge in [-0.1, -0.05) is 18.2 Å². The summed E-state index contributed by atoms with van der Waals surface area (Å²) in [6.07, 6.45) is 1.32. The third-order valence-corrected chi connectivity index (χ3v) is 3.81. The van der Waals surface area contributed by atoms with Gasteiger partial charge in [0.15, 0.2) is 0 Å². The molecule has 28 heavy (non-hydrogen) atoms. The summed E-state index contributed by atoms with van der Waals surface area (Å²) in [6.45, 7) is 0. The van der Waals surface area contributed by atoms with E-state index in [9.17, 15) is 18.4 Å². The van der Waals surface area contributed by atoms with E-state index in [2.05, 4.69) is 20.4 Å². The van der Waals surface area contributed by atoms with Gasteiger partial charge in [-0.25, -0.2) is 13.6 Å². The lowest BCUT2D eigenvalue weighted by molar-refractivity contribution is 0.0602. The molecule has 0 aliphatic rings. The maximum Gasteiger partial charge on any atom is 0.339 e. The molecule has 0 atom stereocenters. The van der Waals surface area contributed by atoms with E-state index < -0.39 is 23.5 Å². The lowest BCUT2D eigenvalue weighted by Gasteiger charge is -2.11. The van der Waals surface area contributed by atoms with Gasteiger partial charge in [0.25, 0.3) is 5.91 Å². The molecule has 1 aromatic heterocycles. The molecule has 0 aliphatic carbocycles. The highest BCUT2D eigenvalue weighted by atomic mass is 19.1. The van der Waals surface area contributed by atoms with Gasteiger partial charge in [0, 0.05) is 11.9 Å². The van der Waals surface area contributed by atoms with Crippen LogP contribution in [0.3, 0.4) is 0 Å². The number of pyridine rings is 1. The Morgan fingerprint density at radius 1 is 1.00 bits per heavy atom. The van der Waals surface area contributed by atoms with E-state index in [4.69, 9.17) is 0 Å². The molecule has 6 nitrogen and oxygen atoms in total. The number of anilines is 3. The third kappa shape index (κ3) is 4.12. The van der Waals surface area contributed by atoms with Crippen molar-refractivity contribution in [1.82, 2.24) is 4.98 Å². The van der Waals surface area contributed by atoms with Crippen LogP contribution >= 0.6 is 0 Å². The van der Waals surface area contributed by atoms with Crippen LogP contribution in [0.25, 0.3) is 0 Å².